The first kappa shape index (κ1) is 15.0. The third-order valence-electron chi connectivity index (χ3n) is 3.58. The maximum Gasteiger partial charge on any atom is 0.228 e. The highest BCUT2D eigenvalue weighted by molar-refractivity contribution is 6.41. The lowest BCUT2D eigenvalue weighted by Gasteiger charge is -2.09. The molecule has 2 heterocycles. The van der Waals surface area contributed by atoms with Gasteiger partial charge in [-0.1, -0.05) is 23.2 Å². The molecule has 0 spiro atoms. The Labute approximate surface area is 136 Å². The van der Waals surface area contributed by atoms with Gasteiger partial charge in [0.15, 0.2) is 0 Å². The van der Waals surface area contributed by atoms with Crippen LogP contribution < -0.4 is 0 Å². The summed E-state index contributed by atoms with van der Waals surface area (Å²) in [6.07, 6.45) is 3.40. The lowest BCUT2D eigenvalue weighted by Crippen LogP contribution is -2.06. The molecule has 0 saturated carbocycles. The van der Waals surface area contributed by atoms with Gasteiger partial charge in [-0.2, -0.15) is 0 Å². The van der Waals surface area contributed by atoms with E-state index in [0.29, 0.717) is 26.6 Å². The number of Topliss-reactive ketones (excluding diaryl/α,β-unsaturated/α-hetero) is 1. The zero-order valence-corrected chi connectivity index (χ0v) is 13.5. The number of pyridine rings is 1. The number of hydrogen-bond donors (Lipinski definition) is 0. The largest absolute Gasteiger partial charge is 0.300 e. The molecule has 0 aliphatic heterocycles. The summed E-state index contributed by atoms with van der Waals surface area (Å²) in [6, 6.07) is 3.57. The van der Waals surface area contributed by atoms with E-state index in [4.69, 9.17) is 23.2 Å². The van der Waals surface area contributed by atoms with E-state index >= 15 is 0 Å². The predicted octanol–water partition coefficient (Wildman–Crippen LogP) is 4.29. The van der Waals surface area contributed by atoms with Gasteiger partial charge in [0, 0.05) is 35.3 Å². The molecule has 0 aliphatic carbocycles. The van der Waals surface area contributed by atoms with Crippen LogP contribution in [0.2, 0.25) is 10.0 Å². The van der Waals surface area contributed by atoms with Gasteiger partial charge in [0.05, 0.1) is 22.3 Å². The Bertz CT molecular complexity index is 944. The van der Waals surface area contributed by atoms with Crippen molar-refractivity contribution in [2.45, 2.75) is 20.3 Å². The van der Waals surface area contributed by atoms with E-state index in [0.717, 1.165) is 10.8 Å². The molecule has 0 saturated heterocycles. The van der Waals surface area contributed by atoms with E-state index in [1.165, 1.54) is 18.4 Å². The monoisotopic (exact) mass is 334 g/mol. The Kier molecular flexibility index (Phi) is 3.67. The second-order valence-electron chi connectivity index (χ2n) is 5.17. The number of aromatic nitrogens is 2. The standard InChI is InChI=1S/C16H12Cl2N2O2/c1-8(21)5-12-13(17)6-11-10-3-4-19-7-14(10)20(9(2)22)16(11)15(12)18/h3-4,6-7H,5H2,1-2H3. The molecule has 0 atom stereocenters. The molecule has 0 unspecified atom stereocenters. The number of nitrogens with zero attached hydrogens (tertiary/aromatic N) is 2. The minimum Gasteiger partial charge on any atom is -0.300 e. The molecule has 3 rings (SSSR count). The number of fused-ring (bicyclic) bond motifs is 3. The fourth-order valence-corrected chi connectivity index (χ4v) is 3.40. The van der Waals surface area contributed by atoms with E-state index in [-0.39, 0.29) is 18.1 Å². The molecule has 0 amide bonds. The number of benzene rings is 1. The topological polar surface area (TPSA) is 52.0 Å². The highest BCUT2D eigenvalue weighted by atomic mass is 35.5. The van der Waals surface area contributed by atoms with Crippen LogP contribution in [-0.2, 0) is 11.2 Å². The van der Waals surface area contributed by atoms with Crippen LogP contribution in [0, 0.1) is 0 Å². The van der Waals surface area contributed by atoms with Gasteiger partial charge in [-0.3, -0.25) is 19.1 Å². The number of hydrogen-bond acceptors (Lipinski definition) is 3. The van der Waals surface area contributed by atoms with E-state index in [9.17, 15) is 9.59 Å². The smallest absolute Gasteiger partial charge is 0.228 e. The van der Waals surface area contributed by atoms with E-state index < -0.39 is 0 Å². The average Bonchev–Trinajstić information content (AvgIpc) is 2.78. The number of ketones is 1. The van der Waals surface area contributed by atoms with Crippen molar-refractivity contribution in [1.29, 1.82) is 0 Å². The number of halogens is 2. The Morgan fingerprint density at radius 3 is 2.59 bits per heavy atom. The summed E-state index contributed by atoms with van der Waals surface area (Å²) in [7, 11) is 0. The van der Waals surface area contributed by atoms with Crippen LogP contribution in [0.5, 0.6) is 0 Å². The summed E-state index contributed by atoms with van der Waals surface area (Å²) in [5, 5.41) is 2.38. The van der Waals surface area contributed by atoms with Crippen LogP contribution in [0.15, 0.2) is 24.5 Å². The molecule has 112 valence electrons. The SMILES string of the molecule is CC(=O)Cc1c(Cl)cc2c3ccncc3n(C(C)=O)c2c1Cl. The summed E-state index contributed by atoms with van der Waals surface area (Å²) in [6.45, 7) is 2.93. The van der Waals surface area contributed by atoms with Gasteiger partial charge in [-0.25, -0.2) is 0 Å². The molecule has 0 fully saturated rings. The summed E-state index contributed by atoms with van der Waals surface area (Å²) in [4.78, 5) is 27.6. The van der Waals surface area contributed by atoms with Crippen molar-refractivity contribution in [3.05, 3.63) is 40.1 Å². The van der Waals surface area contributed by atoms with Crippen LogP contribution in [-0.4, -0.2) is 21.2 Å². The molecule has 1 aromatic carbocycles. The molecule has 22 heavy (non-hydrogen) atoms. The maximum atomic E-state index is 12.1. The van der Waals surface area contributed by atoms with Crippen molar-refractivity contribution >= 4 is 56.7 Å². The summed E-state index contributed by atoms with van der Waals surface area (Å²) < 4.78 is 1.51. The van der Waals surface area contributed by atoms with E-state index in [2.05, 4.69) is 4.98 Å². The first-order valence-electron chi connectivity index (χ1n) is 6.67. The highest BCUT2D eigenvalue weighted by Crippen LogP contribution is 2.39. The highest BCUT2D eigenvalue weighted by Gasteiger charge is 2.21. The van der Waals surface area contributed by atoms with Crippen molar-refractivity contribution in [2.75, 3.05) is 0 Å². The fourth-order valence-electron chi connectivity index (χ4n) is 2.72. The summed E-state index contributed by atoms with van der Waals surface area (Å²) in [5.74, 6) is -0.221. The van der Waals surface area contributed by atoms with Crippen molar-refractivity contribution in [3.8, 4) is 0 Å². The normalized spacial score (nSPS) is 11.3. The predicted molar refractivity (Wildman–Crippen MR) is 87.9 cm³/mol. The number of carbonyl (C=O) groups excluding carboxylic acids is 2. The zero-order valence-electron chi connectivity index (χ0n) is 12.0. The van der Waals surface area contributed by atoms with E-state index in [1.807, 2.05) is 6.07 Å². The molecule has 2 aromatic heterocycles. The van der Waals surface area contributed by atoms with Gasteiger partial charge in [0.25, 0.3) is 0 Å². The maximum absolute atomic E-state index is 12.1. The summed E-state index contributed by atoms with van der Waals surface area (Å²) >= 11 is 12.8. The van der Waals surface area contributed by atoms with Gasteiger partial charge in [-0.15, -0.1) is 0 Å². The van der Waals surface area contributed by atoms with Gasteiger partial charge in [0.2, 0.25) is 5.91 Å². The summed E-state index contributed by atoms with van der Waals surface area (Å²) in [5.41, 5.74) is 1.78. The second-order valence-corrected chi connectivity index (χ2v) is 5.96. The van der Waals surface area contributed by atoms with Crippen LogP contribution in [0.3, 0.4) is 0 Å². The lowest BCUT2D eigenvalue weighted by molar-refractivity contribution is -0.116. The van der Waals surface area contributed by atoms with Crippen molar-refractivity contribution in [3.63, 3.8) is 0 Å². The number of carbonyl (C=O) groups is 2. The Morgan fingerprint density at radius 2 is 1.95 bits per heavy atom. The van der Waals surface area contributed by atoms with Crippen LogP contribution in [0.1, 0.15) is 24.2 Å². The van der Waals surface area contributed by atoms with Gasteiger partial charge >= 0.3 is 0 Å². The molecular formula is C16H12Cl2N2O2. The molecular weight excluding hydrogens is 323 g/mol. The molecule has 4 nitrogen and oxygen atoms in total. The molecule has 0 aliphatic rings. The molecule has 0 N–H and O–H groups in total. The third-order valence-corrected chi connectivity index (χ3v) is 4.33. The minimum absolute atomic E-state index is 0.0460. The van der Waals surface area contributed by atoms with Crippen LogP contribution in [0.4, 0.5) is 0 Å². The first-order valence-corrected chi connectivity index (χ1v) is 7.42. The second kappa shape index (κ2) is 5.38. The van der Waals surface area contributed by atoms with E-state index in [1.54, 1.807) is 18.5 Å². The average molecular weight is 335 g/mol. The third kappa shape index (κ3) is 2.19. The Morgan fingerprint density at radius 1 is 1.23 bits per heavy atom. The van der Waals surface area contributed by atoms with Gasteiger partial charge < -0.3 is 0 Å². The van der Waals surface area contributed by atoms with Crippen molar-refractivity contribution < 1.29 is 9.59 Å². The van der Waals surface area contributed by atoms with Gasteiger partial charge in [-0.05, 0) is 24.6 Å². The molecule has 0 bridgehead atoms. The minimum atomic E-state index is -0.175. The Hall–Kier alpha value is -1.91. The van der Waals surface area contributed by atoms with Gasteiger partial charge in [0.1, 0.15) is 5.78 Å². The molecule has 6 heteroatoms. The van der Waals surface area contributed by atoms with Crippen molar-refractivity contribution in [2.24, 2.45) is 0 Å². The molecule has 0 radical (unpaired) electrons. The first-order chi connectivity index (χ1) is 10.4. The Balaban J connectivity index is 2.53. The number of rotatable bonds is 2. The fraction of sp³-hybridized carbons (Fsp3) is 0.188. The van der Waals surface area contributed by atoms with Crippen LogP contribution >= 0.6 is 23.2 Å². The lowest BCUT2D eigenvalue weighted by atomic mass is 10.1. The quantitative estimate of drug-likeness (QED) is 0.702. The molecule has 3 aromatic rings. The van der Waals surface area contributed by atoms with Crippen molar-refractivity contribution in [1.82, 2.24) is 9.55 Å². The van der Waals surface area contributed by atoms with Crippen LogP contribution in [0.25, 0.3) is 21.8 Å². The zero-order chi connectivity index (χ0) is 16.0.